The molecule has 0 aliphatic carbocycles. The van der Waals surface area contributed by atoms with Gasteiger partial charge in [0.2, 0.25) is 100 Å². The fraction of sp³-hybridized carbons (Fsp3) is 0.667. The minimum atomic E-state index is -2.07. The standard InChI is InChI=1S/C90H147N27O29S4/c1-44(2)35-56(77(134)114-68(46(5)119)85(142)104-53(19-15-29-99-90(95)96)73(130)110-61-41-149-33-13-11-32-148-40-60(80(137)105-55(88(145)146)23-26-66(126)127)112-78(135)58(38-118)108-76(133)57(36-49-37-97-43-100-49)107-84(141)67(45(3)4)113-81(61)138)106-86(143)69(47(6)120)115-82(139)62-42-150-34-12-10-31-147-39-59(109-71(128)50(92)21-24-64(122)123)79(136)101-51(17-8-9-27-91)75(132)116-70(48(7)121)87(144)117-30-16-20-63(117)83(140)103-52(18-14-28-98-89(93)94)72(129)102-54(74(131)111-62)22-25-65(124)125/h10-13,37,43-48,50-63,67-70,118-121H,8-9,14-36,38-42,91-92H2,1-7H3,(H,97,100)(H,101,136)(H,102,129)(H,103,140)(H,104,142)(H,105,137)(H,106,143)(H,107,141)(H,108,133)(H,109,128)(H,110,130)(H,111,131)(H,112,135)(H,113,138)(H,114,134)(H,115,139)(H,116,132)(H,122,123)(H,124,125)(H,126,127)(H,145,146)(H4,93,94,98)(H4,95,96,99)/b12-10+,13-11+/t46-,47-,48-,50+,51+,52+,53+,54+,55+,56+,57+,58+,59+,60+,61+,62+,63+,67+,68+,69+,70+/m1/s1. The number of aliphatic hydroxyl groups is 4. The molecule has 0 saturated carbocycles. The van der Waals surface area contributed by atoms with Crippen LogP contribution < -0.4 is 119 Å². The summed E-state index contributed by atoms with van der Waals surface area (Å²) in [6.07, 6.45) is -1.00. The second-order valence-corrected chi connectivity index (χ2v) is 40.8. The van der Waals surface area contributed by atoms with Gasteiger partial charge in [-0.2, -0.15) is 47.0 Å². The number of unbranched alkanes of at least 4 members (excludes halogenated alkanes) is 1. The van der Waals surface area contributed by atoms with E-state index in [0.717, 1.165) is 65.8 Å². The molecular weight excluding hydrogens is 2050 g/mol. The summed E-state index contributed by atoms with van der Waals surface area (Å²) in [7, 11) is 0. The first-order chi connectivity index (χ1) is 70.9. The molecule has 840 valence electrons. The van der Waals surface area contributed by atoms with Gasteiger partial charge in [0.15, 0.2) is 11.9 Å². The first kappa shape index (κ1) is 130. The van der Waals surface area contributed by atoms with Crippen molar-refractivity contribution in [3.63, 3.8) is 0 Å². The van der Waals surface area contributed by atoms with E-state index in [2.05, 4.69) is 106 Å². The number of carbonyl (C=O) groups excluding carboxylic acids is 17. The number of aromatic amines is 1. The Hall–Kier alpha value is -12.7. The van der Waals surface area contributed by atoms with Gasteiger partial charge in [-0.15, -0.1) is 0 Å². The average Bonchev–Trinajstić information content (AvgIpc) is 1.66. The van der Waals surface area contributed by atoms with Crippen molar-refractivity contribution >= 4 is 183 Å². The Morgan fingerprint density at radius 2 is 0.940 bits per heavy atom. The topological polar surface area (TPSA) is 921 Å². The van der Waals surface area contributed by atoms with Gasteiger partial charge >= 0.3 is 23.9 Å². The first-order valence-corrected chi connectivity index (χ1v) is 53.4. The first-order valence-electron chi connectivity index (χ1n) is 48.8. The lowest BCUT2D eigenvalue weighted by molar-refractivity contribution is -0.145. The molecule has 1 aromatic rings. The maximum atomic E-state index is 15.0. The van der Waals surface area contributed by atoms with Gasteiger partial charge in [0.05, 0.1) is 37.3 Å². The Labute approximate surface area is 882 Å². The lowest BCUT2D eigenvalue weighted by atomic mass is 10.0. The number of carbonyl (C=O) groups is 21. The number of hydrogen-bond donors (Lipinski definition) is 33. The molecule has 0 radical (unpaired) electrons. The summed E-state index contributed by atoms with van der Waals surface area (Å²) in [6.45, 7) is 8.28. The molecule has 4 rings (SSSR count). The molecule has 0 unspecified atom stereocenters. The number of nitrogens with one attached hydrogen (secondary N) is 21. The fourth-order valence-corrected chi connectivity index (χ4v) is 18.6. The van der Waals surface area contributed by atoms with Gasteiger partial charge in [-0.05, 0) is 123 Å². The van der Waals surface area contributed by atoms with Crippen LogP contribution in [-0.2, 0) is 107 Å². The number of imidazole rings is 1. The van der Waals surface area contributed by atoms with Crippen LogP contribution in [0.15, 0.2) is 36.8 Å². The molecular formula is C90H147N27O29S4. The van der Waals surface area contributed by atoms with Crippen molar-refractivity contribution < 1.29 is 142 Å². The van der Waals surface area contributed by atoms with Crippen molar-refractivity contribution in [2.24, 2.45) is 34.8 Å². The molecule has 0 aromatic carbocycles. The van der Waals surface area contributed by atoms with Gasteiger partial charge in [-0.3, -0.25) is 107 Å². The van der Waals surface area contributed by atoms with E-state index in [0.29, 0.717) is 6.42 Å². The number of nitrogens with zero attached hydrogens (tertiary/aromatic N) is 2. The van der Waals surface area contributed by atoms with Crippen molar-refractivity contribution in [1.29, 1.82) is 10.8 Å². The smallest absolute Gasteiger partial charge is 0.326 e. The summed E-state index contributed by atoms with van der Waals surface area (Å²) in [4.78, 5) is 303. The number of rotatable bonds is 45. The number of amides is 17. The van der Waals surface area contributed by atoms with Crippen LogP contribution in [0, 0.1) is 22.7 Å². The fourth-order valence-electron chi connectivity index (χ4n) is 15.0. The molecule has 1 saturated heterocycles. The van der Waals surface area contributed by atoms with Crippen molar-refractivity contribution in [2.75, 3.05) is 78.8 Å². The zero-order valence-electron chi connectivity index (χ0n) is 84.4. The number of aromatic nitrogens is 2. The minimum absolute atomic E-state index is 0.0148. The molecule has 3 aliphatic rings. The van der Waals surface area contributed by atoms with E-state index in [1.165, 1.54) is 33.3 Å². The summed E-state index contributed by atoms with van der Waals surface area (Å²) in [5.41, 5.74) is 23.2. The quantitative estimate of drug-likeness (QED) is 0.0125. The predicted molar refractivity (Wildman–Crippen MR) is 549 cm³/mol. The maximum Gasteiger partial charge on any atom is 0.326 e. The number of nitrogens with two attached hydrogens (primary N) is 4. The lowest BCUT2D eigenvalue weighted by Crippen LogP contribution is -2.63. The number of aliphatic carboxylic acids is 4. The van der Waals surface area contributed by atoms with Crippen LogP contribution in [0.4, 0.5) is 0 Å². The second kappa shape index (κ2) is 68.1. The third-order valence-corrected chi connectivity index (χ3v) is 27.2. The van der Waals surface area contributed by atoms with Gasteiger partial charge in [0, 0.05) is 103 Å². The van der Waals surface area contributed by atoms with Crippen LogP contribution in [0.1, 0.15) is 157 Å². The van der Waals surface area contributed by atoms with Gasteiger partial charge in [-0.1, -0.05) is 52.0 Å². The minimum Gasteiger partial charge on any atom is -0.481 e. The zero-order chi connectivity index (χ0) is 112. The highest BCUT2D eigenvalue weighted by Gasteiger charge is 2.45. The van der Waals surface area contributed by atoms with Crippen LogP contribution >= 0.6 is 47.0 Å². The summed E-state index contributed by atoms with van der Waals surface area (Å²) in [5.74, 6) is -27.7. The monoisotopic (exact) mass is 2200 g/mol. The van der Waals surface area contributed by atoms with Gasteiger partial charge < -0.3 is 169 Å². The number of fused-ring (bicyclic) bond motifs is 1. The average molecular weight is 2200 g/mol. The molecule has 1 aromatic heterocycles. The van der Waals surface area contributed by atoms with Crippen LogP contribution in [0.5, 0.6) is 0 Å². The molecule has 21 atom stereocenters. The van der Waals surface area contributed by atoms with Crippen molar-refractivity contribution in [3.05, 3.63) is 42.5 Å². The largest absolute Gasteiger partial charge is 0.481 e. The van der Waals surface area contributed by atoms with E-state index in [4.69, 9.17) is 33.8 Å². The Bertz CT molecular complexity index is 4800. The molecule has 17 amide bonds. The van der Waals surface area contributed by atoms with Gasteiger partial charge in [0.1, 0.15) is 103 Å². The van der Waals surface area contributed by atoms with E-state index in [9.17, 15) is 132 Å². The molecule has 3 aliphatic heterocycles. The summed E-state index contributed by atoms with van der Waals surface area (Å²) < 4.78 is 0. The molecule has 4 heterocycles. The Morgan fingerprint density at radius 3 is 1.45 bits per heavy atom. The van der Waals surface area contributed by atoms with E-state index in [1.54, 1.807) is 38.2 Å². The molecule has 60 heteroatoms. The Balaban J connectivity index is 1.79. The molecule has 1 fully saturated rings. The van der Waals surface area contributed by atoms with Gasteiger partial charge in [0.25, 0.3) is 0 Å². The maximum absolute atomic E-state index is 15.0. The van der Waals surface area contributed by atoms with E-state index < -0.39 is 320 Å². The number of thioether (sulfide) groups is 4. The van der Waals surface area contributed by atoms with Crippen LogP contribution in [0.3, 0.4) is 0 Å². The molecule has 0 bridgehead atoms. The highest BCUT2D eigenvalue weighted by atomic mass is 32.2. The normalized spacial score (nSPS) is 23.6. The number of hydrogen-bond acceptors (Lipinski definition) is 34. The molecule has 37 N–H and O–H groups in total. The number of guanidine groups is 2. The van der Waals surface area contributed by atoms with Crippen LogP contribution in [0.2, 0.25) is 0 Å². The highest BCUT2D eigenvalue weighted by molar-refractivity contribution is 8.00. The summed E-state index contributed by atoms with van der Waals surface area (Å²) in [5, 5.41) is 143. The van der Waals surface area contributed by atoms with Crippen molar-refractivity contribution in [1.82, 2.24) is 111 Å². The van der Waals surface area contributed by atoms with Crippen LogP contribution in [-0.4, -0.2) is 398 Å². The zero-order valence-corrected chi connectivity index (χ0v) is 87.7. The number of aliphatic hydroxyl groups excluding tert-OH is 4. The number of carboxylic acids is 4. The van der Waals surface area contributed by atoms with E-state index >= 15 is 9.59 Å². The van der Waals surface area contributed by atoms with E-state index in [1.807, 2.05) is 0 Å². The highest BCUT2D eigenvalue weighted by Crippen LogP contribution is 2.23. The predicted octanol–water partition coefficient (Wildman–Crippen LogP) is -9.73. The van der Waals surface area contributed by atoms with Crippen molar-refractivity contribution in [2.45, 2.75) is 285 Å². The van der Waals surface area contributed by atoms with Crippen molar-refractivity contribution in [3.8, 4) is 0 Å². The third-order valence-electron chi connectivity index (χ3n) is 23.2. The summed E-state index contributed by atoms with van der Waals surface area (Å²) in [6, 6.07) is -30.5. The molecule has 56 nitrogen and oxygen atoms in total. The third kappa shape index (κ3) is 47.6. The number of H-pyrrole nitrogens is 1. The van der Waals surface area contributed by atoms with Crippen LogP contribution in [0.25, 0.3) is 0 Å². The SMILES string of the molecule is CC(C)C[C@H](NC(=O)[C@@H](NC(=O)[C@@H]1CSC/C=C/CSC[C@H](NC(=O)[C@@H](N)CCC(=O)O)C(=O)N[C@@H](CCCCN)C(=O)N[C@@H]([C@@H](C)O)C(=O)N2CCC[C@H]2C(=O)N[C@@H](CCCNC(=N)N)C(=O)N[C@@H](CCC(=O)O)C(=O)N1)[C@@H](C)O)C(=O)N[C@H](C(=O)N[C@@H](CCCNC(=N)N)C(=O)N[C@H]1CSC/C=C/CSC[C@@H](C(=O)N[C@@H](CCC(=O)O)C(=O)O)NC(=O)[C@H](CO)NC(=O)[C@H](Cc2cnc[nH]2)NC(=O)[C@H](C(C)C)NC1=O)[C@@H](C)O. The van der Waals surface area contributed by atoms with E-state index in [-0.39, 0.29) is 143 Å². The Morgan fingerprint density at radius 1 is 0.480 bits per heavy atom. The Kier molecular flexibility index (Phi) is 58.9. The summed E-state index contributed by atoms with van der Waals surface area (Å²) >= 11 is 4.08. The second-order valence-electron chi connectivity index (χ2n) is 36.5. The molecule has 150 heavy (non-hydrogen) atoms. The lowest BCUT2D eigenvalue weighted by Gasteiger charge is -2.32. The number of carboxylic acid groups (broad SMARTS) is 4. The van der Waals surface area contributed by atoms with Gasteiger partial charge in [-0.25, -0.2) is 9.78 Å². The molecule has 0 spiro atoms.